The molecule has 1 unspecified atom stereocenters. The van der Waals surface area contributed by atoms with Crippen LogP contribution >= 0.6 is 24.0 Å². The second-order valence-corrected chi connectivity index (χ2v) is 8.64. The average molecular weight is 458 g/mol. The zero-order chi connectivity index (χ0) is 22.5. The molecule has 2 aromatic rings. The molecule has 8 heteroatoms. The van der Waals surface area contributed by atoms with Gasteiger partial charge < -0.3 is 14.2 Å². The highest BCUT2D eigenvalue weighted by Gasteiger charge is 2.41. The number of hydrogen-bond acceptors (Lipinski definition) is 7. The largest absolute Gasteiger partial charge is 0.493 e. The van der Waals surface area contributed by atoms with Crippen molar-refractivity contribution in [2.75, 3.05) is 14.2 Å². The van der Waals surface area contributed by atoms with E-state index in [9.17, 15) is 9.59 Å². The molecule has 0 radical (unpaired) electrons. The van der Waals surface area contributed by atoms with Crippen molar-refractivity contribution in [3.05, 3.63) is 64.6 Å². The van der Waals surface area contributed by atoms with E-state index < -0.39 is 12.0 Å². The van der Waals surface area contributed by atoms with Gasteiger partial charge in [0.05, 0.1) is 25.2 Å². The second kappa shape index (κ2) is 9.98. The maximum absolute atomic E-state index is 13.2. The van der Waals surface area contributed by atoms with Crippen molar-refractivity contribution < 1.29 is 23.8 Å². The zero-order valence-corrected chi connectivity index (χ0v) is 19.3. The molecule has 0 spiro atoms. The molecule has 1 heterocycles. The molecule has 1 atom stereocenters. The summed E-state index contributed by atoms with van der Waals surface area (Å²) >= 11 is 6.59. The number of esters is 1. The van der Waals surface area contributed by atoms with Gasteiger partial charge in [0.1, 0.15) is 4.32 Å². The Hall–Kier alpha value is -2.84. The Kier molecular flexibility index (Phi) is 7.35. The van der Waals surface area contributed by atoms with Crippen LogP contribution in [0.3, 0.4) is 0 Å². The lowest BCUT2D eigenvalue weighted by Gasteiger charge is -2.24. The van der Waals surface area contributed by atoms with Crippen molar-refractivity contribution >= 4 is 46.3 Å². The van der Waals surface area contributed by atoms with Gasteiger partial charge in [-0.3, -0.25) is 9.69 Å². The number of methoxy groups -OCH3 is 2. The van der Waals surface area contributed by atoms with Crippen LogP contribution in [-0.2, 0) is 14.3 Å². The standard InChI is InChI=1S/C23H23NO5S2/c1-14(2)29-17-11-10-15(12-18(17)27-3)13-19-21(25)24(23(30)31-19)20(22(26)28-4)16-8-6-5-7-9-16/h5-14,20H,1-4H3/b19-13-. The van der Waals surface area contributed by atoms with Crippen molar-refractivity contribution in [3.63, 3.8) is 0 Å². The molecule has 0 N–H and O–H groups in total. The minimum absolute atomic E-state index is 0.00393. The van der Waals surface area contributed by atoms with E-state index in [0.717, 1.165) is 17.3 Å². The van der Waals surface area contributed by atoms with Gasteiger partial charge in [-0.1, -0.05) is 60.4 Å². The first-order valence-electron chi connectivity index (χ1n) is 9.60. The van der Waals surface area contributed by atoms with Crippen LogP contribution in [0.4, 0.5) is 0 Å². The van der Waals surface area contributed by atoms with Crippen molar-refractivity contribution in [1.82, 2.24) is 4.90 Å². The van der Waals surface area contributed by atoms with E-state index in [1.165, 1.54) is 12.0 Å². The average Bonchev–Trinajstić information content (AvgIpc) is 3.03. The van der Waals surface area contributed by atoms with E-state index in [0.29, 0.717) is 26.3 Å². The van der Waals surface area contributed by atoms with E-state index in [-0.39, 0.29) is 12.0 Å². The van der Waals surface area contributed by atoms with E-state index >= 15 is 0 Å². The molecular formula is C23H23NO5S2. The van der Waals surface area contributed by atoms with Gasteiger partial charge in [-0.25, -0.2) is 4.79 Å². The number of ether oxygens (including phenoxy) is 3. The number of thioether (sulfide) groups is 1. The third-order valence-corrected chi connectivity index (χ3v) is 5.80. The summed E-state index contributed by atoms with van der Waals surface area (Å²) in [6, 6.07) is 13.4. The minimum atomic E-state index is -0.944. The summed E-state index contributed by atoms with van der Waals surface area (Å²) in [6.45, 7) is 3.87. The number of thiocarbonyl (C=S) groups is 1. The summed E-state index contributed by atoms with van der Waals surface area (Å²) in [6.07, 6.45) is 1.73. The lowest BCUT2D eigenvalue weighted by atomic mass is 10.1. The molecule has 1 saturated heterocycles. The van der Waals surface area contributed by atoms with Gasteiger partial charge in [0.15, 0.2) is 17.5 Å². The van der Waals surface area contributed by atoms with Crippen LogP contribution in [-0.4, -0.2) is 41.4 Å². The van der Waals surface area contributed by atoms with Gasteiger partial charge in [-0.2, -0.15) is 0 Å². The predicted molar refractivity (Wildman–Crippen MR) is 125 cm³/mol. The summed E-state index contributed by atoms with van der Waals surface area (Å²) in [4.78, 5) is 27.5. The van der Waals surface area contributed by atoms with Gasteiger partial charge in [-0.05, 0) is 43.2 Å². The van der Waals surface area contributed by atoms with Crippen molar-refractivity contribution in [3.8, 4) is 11.5 Å². The Bertz CT molecular complexity index is 1020. The maximum atomic E-state index is 13.2. The summed E-state index contributed by atoms with van der Waals surface area (Å²) in [5.74, 6) is 0.281. The van der Waals surface area contributed by atoms with Gasteiger partial charge in [0.2, 0.25) is 0 Å². The molecule has 3 rings (SSSR count). The molecule has 31 heavy (non-hydrogen) atoms. The monoisotopic (exact) mass is 457 g/mol. The van der Waals surface area contributed by atoms with Gasteiger partial charge in [-0.15, -0.1) is 0 Å². The molecule has 2 aromatic carbocycles. The van der Waals surface area contributed by atoms with Crippen LogP contribution in [0.1, 0.15) is 31.0 Å². The Morgan fingerprint density at radius 3 is 2.42 bits per heavy atom. The fourth-order valence-electron chi connectivity index (χ4n) is 3.12. The second-order valence-electron chi connectivity index (χ2n) is 6.96. The predicted octanol–water partition coefficient (Wildman–Crippen LogP) is 4.60. The number of rotatable bonds is 7. The third-order valence-electron chi connectivity index (χ3n) is 4.47. The quantitative estimate of drug-likeness (QED) is 0.342. The number of carbonyl (C=O) groups excluding carboxylic acids is 2. The fraction of sp³-hybridized carbons (Fsp3) is 0.261. The molecule has 162 valence electrons. The number of benzene rings is 2. The van der Waals surface area contributed by atoms with Gasteiger partial charge >= 0.3 is 5.97 Å². The Balaban J connectivity index is 1.93. The third kappa shape index (κ3) is 5.08. The summed E-state index contributed by atoms with van der Waals surface area (Å²) < 4.78 is 16.4. The van der Waals surface area contributed by atoms with E-state index in [1.54, 1.807) is 49.6 Å². The summed E-state index contributed by atoms with van der Waals surface area (Å²) in [5, 5.41) is 0. The van der Waals surface area contributed by atoms with Gasteiger partial charge in [0, 0.05) is 0 Å². The minimum Gasteiger partial charge on any atom is -0.493 e. The molecule has 0 aromatic heterocycles. The molecule has 1 aliphatic rings. The molecule has 0 bridgehead atoms. The Labute approximate surface area is 191 Å². The smallest absolute Gasteiger partial charge is 0.333 e. The zero-order valence-electron chi connectivity index (χ0n) is 17.7. The van der Waals surface area contributed by atoms with E-state index in [2.05, 4.69) is 0 Å². The normalized spacial score (nSPS) is 16.0. The first-order chi connectivity index (χ1) is 14.8. The lowest BCUT2D eigenvalue weighted by Crippen LogP contribution is -2.37. The maximum Gasteiger partial charge on any atom is 0.333 e. The molecule has 0 aliphatic carbocycles. The van der Waals surface area contributed by atoms with Gasteiger partial charge in [0.25, 0.3) is 5.91 Å². The van der Waals surface area contributed by atoms with E-state index in [1.807, 2.05) is 26.0 Å². The van der Waals surface area contributed by atoms with E-state index in [4.69, 9.17) is 26.4 Å². The highest BCUT2D eigenvalue weighted by Crippen LogP contribution is 2.39. The Morgan fingerprint density at radius 1 is 1.10 bits per heavy atom. The highest BCUT2D eigenvalue weighted by molar-refractivity contribution is 8.26. The summed E-state index contributed by atoms with van der Waals surface area (Å²) in [5.41, 5.74) is 1.38. The van der Waals surface area contributed by atoms with Crippen molar-refractivity contribution in [2.45, 2.75) is 26.0 Å². The van der Waals surface area contributed by atoms with Crippen LogP contribution in [0.15, 0.2) is 53.4 Å². The number of carbonyl (C=O) groups is 2. The van der Waals surface area contributed by atoms with Crippen molar-refractivity contribution in [1.29, 1.82) is 0 Å². The lowest BCUT2D eigenvalue weighted by molar-refractivity contribution is -0.148. The topological polar surface area (TPSA) is 65.1 Å². The molecule has 0 saturated carbocycles. The molecule has 1 amide bonds. The Morgan fingerprint density at radius 2 is 1.81 bits per heavy atom. The van der Waals surface area contributed by atoms with Crippen LogP contribution in [0.25, 0.3) is 6.08 Å². The van der Waals surface area contributed by atoms with Crippen molar-refractivity contribution in [2.24, 2.45) is 0 Å². The highest BCUT2D eigenvalue weighted by atomic mass is 32.2. The first kappa shape index (κ1) is 22.8. The SMILES string of the molecule is COC(=O)C(c1ccccc1)N1C(=O)/C(=C/c2ccc(OC(C)C)c(OC)c2)SC1=S. The molecule has 1 fully saturated rings. The van der Waals surface area contributed by atoms with Crippen LogP contribution < -0.4 is 9.47 Å². The number of nitrogens with zero attached hydrogens (tertiary/aromatic N) is 1. The molecule has 1 aliphatic heterocycles. The van der Waals surface area contributed by atoms with Crippen LogP contribution in [0.5, 0.6) is 11.5 Å². The molecular weight excluding hydrogens is 434 g/mol. The number of hydrogen-bond donors (Lipinski definition) is 0. The first-order valence-corrected chi connectivity index (χ1v) is 10.8. The fourth-order valence-corrected chi connectivity index (χ4v) is 4.43. The number of amides is 1. The summed E-state index contributed by atoms with van der Waals surface area (Å²) in [7, 11) is 2.85. The van der Waals surface area contributed by atoms with Crippen LogP contribution in [0, 0.1) is 0 Å². The van der Waals surface area contributed by atoms with Crippen LogP contribution in [0.2, 0.25) is 0 Å². The molecule has 6 nitrogen and oxygen atoms in total.